The predicted molar refractivity (Wildman–Crippen MR) is 64.2 cm³/mol. The second kappa shape index (κ2) is 4.69. The summed E-state index contributed by atoms with van der Waals surface area (Å²) >= 11 is 0.669. The first-order valence-electron chi connectivity index (χ1n) is 5.62. The van der Waals surface area contributed by atoms with Gasteiger partial charge in [0.25, 0.3) is 0 Å². The summed E-state index contributed by atoms with van der Waals surface area (Å²) in [5.74, 6) is 0. The van der Waals surface area contributed by atoms with E-state index < -0.39 is 0 Å². The maximum absolute atomic E-state index is 10.3. The molecule has 1 saturated heterocycles. The van der Waals surface area contributed by atoms with E-state index in [1.807, 2.05) is 0 Å². The van der Waals surface area contributed by atoms with E-state index in [-0.39, 0.29) is 5.60 Å². The van der Waals surface area contributed by atoms with Crippen LogP contribution in [0.3, 0.4) is 0 Å². The van der Waals surface area contributed by atoms with Crippen molar-refractivity contribution in [3.63, 3.8) is 0 Å². The number of aliphatic hydroxyl groups is 1. The number of rotatable bonds is 2. The van der Waals surface area contributed by atoms with Crippen LogP contribution in [0.1, 0.15) is 36.6 Å². The van der Waals surface area contributed by atoms with E-state index in [0.29, 0.717) is 19.8 Å². The third kappa shape index (κ3) is 2.63. The van der Waals surface area contributed by atoms with Crippen molar-refractivity contribution in [1.29, 1.82) is 0 Å². The van der Waals surface area contributed by atoms with E-state index in [2.05, 4.69) is 37.3 Å². The number of benzene rings is 1. The van der Waals surface area contributed by atoms with Crippen LogP contribution in [0.15, 0.2) is 30.3 Å². The van der Waals surface area contributed by atoms with E-state index in [4.69, 9.17) is 0 Å². The molecule has 1 N–H and O–H groups in total. The van der Waals surface area contributed by atoms with E-state index in [1.54, 1.807) is 0 Å². The zero-order valence-electron chi connectivity index (χ0n) is 9.15. The van der Waals surface area contributed by atoms with Crippen LogP contribution in [0, 0.1) is 0 Å². The summed E-state index contributed by atoms with van der Waals surface area (Å²) in [6.07, 6.45) is 2.87. The first-order valence-corrected chi connectivity index (χ1v) is 7.82. The Labute approximate surface area is 98.1 Å². The Morgan fingerprint density at radius 2 is 2.13 bits per heavy atom. The van der Waals surface area contributed by atoms with Gasteiger partial charge in [0.1, 0.15) is 0 Å². The van der Waals surface area contributed by atoms with Gasteiger partial charge < -0.3 is 0 Å². The van der Waals surface area contributed by atoms with Crippen molar-refractivity contribution in [2.75, 3.05) is 0 Å². The topological polar surface area (TPSA) is 20.2 Å². The van der Waals surface area contributed by atoms with Crippen molar-refractivity contribution in [3.05, 3.63) is 35.9 Å². The Morgan fingerprint density at radius 1 is 1.40 bits per heavy atom. The van der Waals surface area contributed by atoms with Crippen LogP contribution < -0.4 is 0 Å². The predicted octanol–water partition coefficient (Wildman–Crippen LogP) is 2.79. The molecule has 1 aromatic rings. The second-order valence-electron chi connectivity index (χ2n) is 4.30. The first kappa shape index (κ1) is 11.2. The molecule has 82 valence electrons. The molecule has 15 heavy (non-hydrogen) atoms. The fraction of sp³-hybridized carbons (Fsp3) is 0.538. The molecule has 2 rings (SSSR count). The van der Waals surface area contributed by atoms with Gasteiger partial charge in [-0.3, -0.25) is 0 Å². The maximum atomic E-state index is 10.3. The van der Waals surface area contributed by atoms with E-state index >= 15 is 0 Å². The molecule has 0 spiro atoms. The van der Waals surface area contributed by atoms with Gasteiger partial charge in [0.05, 0.1) is 0 Å². The van der Waals surface area contributed by atoms with Gasteiger partial charge in [0, 0.05) is 0 Å². The number of hydrogen-bond acceptors (Lipinski definition) is 1. The van der Waals surface area contributed by atoms with Gasteiger partial charge in [-0.05, 0) is 0 Å². The van der Waals surface area contributed by atoms with Crippen LogP contribution in [0.2, 0.25) is 5.32 Å². The number of hydrogen-bond donors (Lipinski definition) is 1. The average molecular weight is 269 g/mol. The minimum atomic E-state index is -0.388. The molecular weight excluding hydrogens is 251 g/mol. The van der Waals surface area contributed by atoms with Crippen molar-refractivity contribution in [3.8, 4) is 0 Å². The van der Waals surface area contributed by atoms with Gasteiger partial charge in [-0.25, -0.2) is 0 Å². The Morgan fingerprint density at radius 3 is 2.80 bits per heavy atom. The van der Waals surface area contributed by atoms with Crippen LogP contribution in [-0.2, 0) is 0 Å². The van der Waals surface area contributed by atoms with Crippen molar-refractivity contribution in [2.24, 2.45) is 0 Å². The molecule has 2 heteroatoms. The molecular formula is C13H18OSe. The summed E-state index contributed by atoms with van der Waals surface area (Å²) in [4.78, 5) is 0.623. The zero-order valence-corrected chi connectivity index (χ0v) is 10.9. The van der Waals surface area contributed by atoms with Crippen LogP contribution in [0.5, 0.6) is 0 Å². The molecule has 1 aliphatic heterocycles. The van der Waals surface area contributed by atoms with Crippen LogP contribution in [-0.4, -0.2) is 25.7 Å². The molecule has 0 radical (unpaired) electrons. The second-order valence-corrected chi connectivity index (χ2v) is 7.05. The molecule has 1 heterocycles. The molecule has 1 unspecified atom stereocenters. The molecule has 0 amide bonds. The molecule has 0 bridgehead atoms. The van der Waals surface area contributed by atoms with Crippen molar-refractivity contribution in [2.45, 2.75) is 41.9 Å². The Bertz CT molecular complexity index is 312. The van der Waals surface area contributed by atoms with Gasteiger partial charge in [0.2, 0.25) is 0 Å². The molecule has 0 aromatic heterocycles. The fourth-order valence-electron chi connectivity index (χ4n) is 2.10. The third-order valence-corrected chi connectivity index (χ3v) is 5.97. The van der Waals surface area contributed by atoms with Crippen LogP contribution in [0.4, 0.5) is 0 Å². The summed E-state index contributed by atoms with van der Waals surface area (Å²) in [6, 6.07) is 10.7. The quantitative estimate of drug-likeness (QED) is 0.818. The van der Waals surface area contributed by atoms with Crippen molar-refractivity contribution >= 4 is 15.0 Å². The van der Waals surface area contributed by atoms with E-state index in [1.165, 1.54) is 10.9 Å². The fourth-order valence-corrected chi connectivity index (χ4v) is 5.37. The molecule has 1 fully saturated rings. The summed E-state index contributed by atoms with van der Waals surface area (Å²) in [5.41, 5.74) is 1.03. The van der Waals surface area contributed by atoms with Gasteiger partial charge in [0.15, 0.2) is 0 Å². The summed E-state index contributed by atoms with van der Waals surface area (Å²) < 4.78 is 0. The monoisotopic (exact) mass is 270 g/mol. The Kier molecular flexibility index (Phi) is 3.50. The van der Waals surface area contributed by atoms with Gasteiger partial charge >= 0.3 is 97.9 Å². The van der Waals surface area contributed by atoms with E-state index in [0.717, 1.165) is 19.3 Å². The van der Waals surface area contributed by atoms with Gasteiger partial charge in [-0.15, -0.1) is 0 Å². The van der Waals surface area contributed by atoms with Crippen LogP contribution >= 0.6 is 0 Å². The molecule has 1 aromatic carbocycles. The minimum absolute atomic E-state index is 0.388. The van der Waals surface area contributed by atoms with Crippen LogP contribution in [0.25, 0.3) is 0 Å². The van der Waals surface area contributed by atoms with Crippen molar-refractivity contribution < 1.29 is 5.11 Å². The Balaban J connectivity index is 2.11. The standard InChI is InChI=1S/C13H18OSe/c1-2-13(14)8-9-15-12(10-13)11-6-4-3-5-7-11/h3-7,12,14H,2,8-10H2,1H3/t12-,13?/m0/s1. The Hall–Kier alpha value is -0.301. The first-order chi connectivity index (χ1) is 7.23. The van der Waals surface area contributed by atoms with Gasteiger partial charge in [-0.1, -0.05) is 0 Å². The molecule has 0 aliphatic carbocycles. The summed E-state index contributed by atoms with van der Waals surface area (Å²) in [6.45, 7) is 2.10. The van der Waals surface area contributed by atoms with E-state index in [9.17, 15) is 5.11 Å². The molecule has 2 atom stereocenters. The zero-order chi connectivity index (χ0) is 10.7. The molecule has 1 aliphatic rings. The normalized spacial score (nSPS) is 31.5. The summed E-state index contributed by atoms with van der Waals surface area (Å²) in [5, 5.41) is 11.5. The summed E-state index contributed by atoms with van der Waals surface area (Å²) in [7, 11) is 0. The third-order valence-electron chi connectivity index (χ3n) is 3.28. The van der Waals surface area contributed by atoms with Crippen molar-refractivity contribution in [1.82, 2.24) is 0 Å². The molecule has 0 saturated carbocycles. The molecule has 1 nitrogen and oxygen atoms in total. The SMILES string of the molecule is CCC1(O)CC[Se][C@H](c2ccccc2)C1. The average Bonchev–Trinajstić information content (AvgIpc) is 2.30. The van der Waals surface area contributed by atoms with Gasteiger partial charge in [-0.2, -0.15) is 0 Å².